The first-order valence-corrected chi connectivity index (χ1v) is 5.86. The third kappa shape index (κ3) is 3.45. The van der Waals surface area contributed by atoms with Gasteiger partial charge >= 0.3 is 0 Å². The highest BCUT2D eigenvalue weighted by Crippen LogP contribution is 2.32. The topological polar surface area (TPSA) is 43.7 Å². The monoisotopic (exact) mass is 237 g/mol. The molecule has 0 amide bonds. The largest absolute Gasteiger partial charge is 0.264 e. The lowest BCUT2D eigenvalue weighted by Gasteiger charge is -2.26. The molecule has 1 aromatic rings. The zero-order valence-electron chi connectivity index (χ0n) is 11.6. The van der Waals surface area contributed by atoms with E-state index in [2.05, 4.69) is 47.6 Å². The van der Waals surface area contributed by atoms with Gasteiger partial charge in [-0.3, -0.25) is 10.4 Å². The van der Waals surface area contributed by atoms with E-state index in [0.29, 0.717) is 5.69 Å². The lowest BCUT2D eigenvalue weighted by Crippen LogP contribution is -2.19. The second-order valence-electron chi connectivity index (χ2n) is 6.56. The summed E-state index contributed by atoms with van der Waals surface area (Å²) in [4.78, 5) is 0. The number of anilines is 1. The van der Waals surface area contributed by atoms with E-state index < -0.39 is 0 Å². The van der Waals surface area contributed by atoms with Crippen molar-refractivity contribution in [1.82, 2.24) is 0 Å². The highest BCUT2D eigenvalue weighted by molar-refractivity contribution is 5.50. The molecule has 0 bridgehead atoms. The second kappa shape index (κ2) is 4.31. The van der Waals surface area contributed by atoms with Crippen LogP contribution in [0.2, 0.25) is 0 Å². The number of hydrogen-bond donors (Lipinski definition) is 2. The molecule has 0 aliphatic heterocycles. The number of nitrogens with zero attached hydrogens (tertiary/aromatic N) is 1. The van der Waals surface area contributed by atoms with Gasteiger partial charge in [-0.15, -0.1) is 5.23 Å². The summed E-state index contributed by atoms with van der Waals surface area (Å²) >= 11 is 0. The van der Waals surface area contributed by atoms with Gasteiger partial charge in [-0.2, -0.15) is 0 Å². The second-order valence-corrected chi connectivity index (χ2v) is 6.56. The molecule has 96 valence electrons. The Morgan fingerprint density at radius 1 is 0.765 bits per heavy atom. The van der Waals surface area contributed by atoms with Crippen LogP contribution in [0.15, 0.2) is 18.2 Å². The van der Waals surface area contributed by atoms with E-state index in [4.69, 9.17) is 0 Å². The summed E-state index contributed by atoms with van der Waals surface area (Å²) in [7, 11) is 0. The molecule has 0 aromatic heterocycles. The van der Waals surface area contributed by atoms with Gasteiger partial charge < -0.3 is 0 Å². The molecule has 0 atom stereocenters. The first kappa shape index (κ1) is 14.0. The summed E-state index contributed by atoms with van der Waals surface area (Å²) in [5.74, 6) is 0. The van der Waals surface area contributed by atoms with Crippen molar-refractivity contribution in [2.75, 3.05) is 5.23 Å². The van der Waals surface area contributed by atoms with Gasteiger partial charge in [0.2, 0.25) is 0 Å². The summed E-state index contributed by atoms with van der Waals surface area (Å²) in [6, 6.07) is 5.73. The molecule has 0 unspecified atom stereocenters. The van der Waals surface area contributed by atoms with Gasteiger partial charge in [0.05, 0.1) is 5.69 Å². The minimum absolute atomic E-state index is 0.0218. The van der Waals surface area contributed by atoms with Crippen LogP contribution in [0.5, 0.6) is 0 Å². The summed E-state index contributed by atoms with van der Waals surface area (Å²) in [5.41, 5.74) is 2.54. The van der Waals surface area contributed by atoms with Crippen LogP contribution in [0.1, 0.15) is 52.7 Å². The third-order valence-corrected chi connectivity index (χ3v) is 2.88. The van der Waals surface area contributed by atoms with Crippen molar-refractivity contribution in [2.24, 2.45) is 0 Å². The van der Waals surface area contributed by atoms with Crippen molar-refractivity contribution in [3.05, 3.63) is 29.3 Å². The predicted molar refractivity (Wildman–Crippen MR) is 69.9 cm³/mol. The first-order chi connectivity index (χ1) is 7.51. The highest BCUT2D eigenvalue weighted by atomic mass is 16.8. The predicted octanol–water partition coefficient (Wildman–Crippen LogP) is 3.87. The Kier molecular flexibility index (Phi) is 3.55. The van der Waals surface area contributed by atoms with Crippen LogP contribution in [-0.4, -0.2) is 10.4 Å². The van der Waals surface area contributed by atoms with E-state index in [1.165, 1.54) is 0 Å². The van der Waals surface area contributed by atoms with Crippen molar-refractivity contribution in [3.8, 4) is 0 Å². The minimum atomic E-state index is -0.0218. The van der Waals surface area contributed by atoms with Crippen LogP contribution in [0.4, 0.5) is 5.69 Å². The Bertz CT molecular complexity index is 365. The maximum Gasteiger partial charge on any atom is 0.0948 e. The summed E-state index contributed by atoms with van der Waals surface area (Å²) in [5, 5.41) is 18.6. The van der Waals surface area contributed by atoms with Crippen LogP contribution in [-0.2, 0) is 10.8 Å². The van der Waals surface area contributed by atoms with Gasteiger partial charge in [0.25, 0.3) is 0 Å². The van der Waals surface area contributed by atoms with E-state index >= 15 is 0 Å². The molecule has 1 aromatic carbocycles. The molecule has 0 saturated heterocycles. The molecule has 1 rings (SSSR count). The molecule has 0 fully saturated rings. The Morgan fingerprint density at radius 2 is 1.12 bits per heavy atom. The fraction of sp³-hybridized carbons (Fsp3) is 0.571. The average molecular weight is 237 g/mol. The Morgan fingerprint density at radius 3 is 1.35 bits per heavy atom. The zero-order chi connectivity index (χ0) is 13.4. The first-order valence-electron chi connectivity index (χ1n) is 5.86. The maximum atomic E-state index is 9.19. The third-order valence-electron chi connectivity index (χ3n) is 2.88. The molecule has 0 radical (unpaired) electrons. The molecule has 0 aliphatic rings. The van der Waals surface area contributed by atoms with E-state index in [1.54, 1.807) is 12.1 Å². The molecule has 17 heavy (non-hydrogen) atoms. The van der Waals surface area contributed by atoms with Crippen LogP contribution >= 0.6 is 0 Å². The molecular weight excluding hydrogens is 214 g/mol. The molecule has 0 aliphatic carbocycles. The normalized spacial score (nSPS) is 12.7. The van der Waals surface area contributed by atoms with Gasteiger partial charge in [-0.25, -0.2) is 0 Å². The minimum Gasteiger partial charge on any atom is -0.264 e. The number of hydrogen-bond acceptors (Lipinski definition) is 3. The SMILES string of the molecule is CC(C)(C)c1cc(N(O)O)cc(C(C)(C)C)c1. The van der Waals surface area contributed by atoms with E-state index in [9.17, 15) is 10.4 Å². The Balaban J connectivity index is 3.40. The Labute approximate surface area is 104 Å². The van der Waals surface area contributed by atoms with Crippen molar-refractivity contribution >= 4 is 5.69 Å². The number of rotatable bonds is 1. The van der Waals surface area contributed by atoms with Crippen molar-refractivity contribution in [3.63, 3.8) is 0 Å². The molecule has 2 N–H and O–H groups in total. The molecule has 0 spiro atoms. The summed E-state index contributed by atoms with van der Waals surface area (Å²) in [6.07, 6.45) is 0. The van der Waals surface area contributed by atoms with Crippen LogP contribution in [0, 0.1) is 0 Å². The smallest absolute Gasteiger partial charge is 0.0948 e. The van der Waals surface area contributed by atoms with Crippen LogP contribution < -0.4 is 5.23 Å². The molecule has 3 heteroatoms. The number of benzene rings is 1. The van der Waals surface area contributed by atoms with Crippen LogP contribution in [0.3, 0.4) is 0 Å². The molecule has 0 heterocycles. The Hall–Kier alpha value is -1.06. The zero-order valence-corrected chi connectivity index (χ0v) is 11.6. The van der Waals surface area contributed by atoms with Crippen molar-refractivity contribution in [1.29, 1.82) is 0 Å². The molecule has 3 nitrogen and oxygen atoms in total. The maximum absolute atomic E-state index is 9.19. The van der Waals surface area contributed by atoms with Crippen molar-refractivity contribution < 1.29 is 10.4 Å². The highest BCUT2D eigenvalue weighted by Gasteiger charge is 2.21. The lowest BCUT2D eigenvalue weighted by atomic mass is 9.80. The van der Waals surface area contributed by atoms with E-state index in [1.807, 2.05) is 0 Å². The van der Waals surface area contributed by atoms with Gasteiger partial charge in [0.15, 0.2) is 0 Å². The van der Waals surface area contributed by atoms with Crippen LogP contribution in [0.25, 0.3) is 0 Å². The quantitative estimate of drug-likeness (QED) is 0.729. The van der Waals surface area contributed by atoms with E-state index in [0.717, 1.165) is 11.1 Å². The van der Waals surface area contributed by atoms with E-state index in [-0.39, 0.29) is 16.1 Å². The average Bonchev–Trinajstić information content (AvgIpc) is 2.14. The summed E-state index contributed by atoms with van der Waals surface area (Å²) in [6.45, 7) is 12.7. The molecule has 0 saturated carbocycles. The lowest BCUT2D eigenvalue weighted by molar-refractivity contribution is 0.0290. The standard InChI is InChI=1S/C14H23NO2/c1-13(2,3)10-7-11(14(4,5)6)9-12(8-10)15(16)17/h7-9,16-17H,1-6H3. The van der Waals surface area contributed by atoms with Gasteiger partial charge in [0.1, 0.15) is 0 Å². The van der Waals surface area contributed by atoms with Gasteiger partial charge in [-0.05, 0) is 34.1 Å². The molecular formula is C14H23NO2. The van der Waals surface area contributed by atoms with Gasteiger partial charge in [0, 0.05) is 0 Å². The van der Waals surface area contributed by atoms with Gasteiger partial charge in [-0.1, -0.05) is 47.6 Å². The fourth-order valence-electron chi connectivity index (χ4n) is 1.59. The fourth-order valence-corrected chi connectivity index (χ4v) is 1.59. The summed E-state index contributed by atoms with van der Waals surface area (Å²) < 4.78 is 0. The van der Waals surface area contributed by atoms with Crippen molar-refractivity contribution in [2.45, 2.75) is 52.4 Å².